The highest BCUT2D eigenvalue weighted by atomic mass is 16.5. The number of ether oxygens (including phenoxy) is 1. The van der Waals surface area contributed by atoms with Gasteiger partial charge in [-0.05, 0) is 57.8 Å². The van der Waals surface area contributed by atoms with Gasteiger partial charge in [0.05, 0.1) is 0 Å². The van der Waals surface area contributed by atoms with E-state index in [2.05, 4.69) is 37.8 Å². The van der Waals surface area contributed by atoms with E-state index in [1.807, 2.05) is 0 Å². The predicted octanol–water partition coefficient (Wildman–Crippen LogP) is 3.75. The summed E-state index contributed by atoms with van der Waals surface area (Å²) in [5.41, 5.74) is 1.31. The van der Waals surface area contributed by atoms with Crippen LogP contribution in [0.1, 0.15) is 46.5 Å². The van der Waals surface area contributed by atoms with E-state index in [4.69, 9.17) is 4.74 Å². The second-order valence-electron chi connectivity index (χ2n) is 4.57. The maximum atomic E-state index is 5.89. The number of nitrogens with zero attached hydrogens (tertiary/aromatic N) is 1. The minimum absolute atomic E-state index is 0.816. The molecule has 1 fully saturated rings. The Bertz CT molecular complexity index is 262. The van der Waals surface area contributed by atoms with Crippen molar-refractivity contribution >= 4 is 0 Å². The molecule has 2 nitrogen and oxygen atoms in total. The first-order valence-electron chi connectivity index (χ1n) is 6.98. The van der Waals surface area contributed by atoms with Gasteiger partial charge in [-0.2, -0.15) is 0 Å². The van der Waals surface area contributed by atoms with Gasteiger partial charge in [0.15, 0.2) is 0 Å². The van der Waals surface area contributed by atoms with E-state index in [0.29, 0.717) is 0 Å². The molecule has 0 bridgehead atoms. The Kier molecular flexibility index (Phi) is 7.02. The number of hydrogen-bond donors (Lipinski definition) is 0. The van der Waals surface area contributed by atoms with Crippen LogP contribution < -0.4 is 0 Å². The van der Waals surface area contributed by atoms with Crippen LogP contribution in [0.3, 0.4) is 0 Å². The zero-order valence-electron chi connectivity index (χ0n) is 11.7. The molecule has 1 heterocycles. The molecule has 0 aromatic carbocycles. The highest BCUT2D eigenvalue weighted by Gasteiger charge is 2.10. The molecule has 1 aliphatic heterocycles. The fraction of sp³-hybridized carbons (Fsp3) is 0.733. The topological polar surface area (TPSA) is 12.5 Å². The van der Waals surface area contributed by atoms with Gasteiger partial charge in [0.2, 0.25) is 0 Å². The normalized spacial score (nSPS) is 19.5. The average Bonchev–Trinajstić information content (AvgIpc) is 2.39. The standard InChI is InChI=1S/C15H27NO/c1-4-14(5-2)15(6-3)17-13-12-16-10-8-7-9-11-16/h4,6H,5,7-13H2,1-3H3/b14-4-,15-6+. The molecule has 0 aromatic heterocycles. The minimum Gasteiger partial charge on any atom is -0.492 e. The Balaban J connectivity index is 2.28. The van der Waals surface area contributed by atoms with Crippen LogP contribution in [0.2, 0.25) is 0 Å². The minimum atomic E-state index is 0.816. The summed E-state index contributed by atoms with van der Waals surface area (Å²) < 4.78 is 5.89. The van der Waals surface area contributed by atoms with Gasteiger partial charge in [-0.15, -0.1) is 0 Å². The molecule has 0 amide bonds. The molecule has 0 saturated carbocycles. The van der Waals surface area contributed by atoms with Crippen molar-refractivity contribution in [3.63, 3.8) is 0 Å². The van der Waals surface area contributed by atoms with Gasteiger partial charge in [0.25, 0.3) is 0 Å². The zero-order chi connectivity index (χ0) is 12.5. The summed E-state index contributed by atoms with van der Waals surface area (Å²) in [6.07, 6.45) is 9.37. The van der Waals surface area contributed by atoms with Crippen molar-refractivity contribution in [1.29, 1.82) is 0 Å². The molecule has 0 aromatic rings. The molecular weight excluding hydrogens is 210 g/mol. The molecule has 98 valence electrons. The Hall–Kier alpha value is -0.760. The van der Waals surface area contributed by atoms with Gasteiger partial charge >= 0.3 is 0 Å². The Morgan fingerprint density at radius 1 is 1.12 bits per heavy atom. The Morgan fingerprint density at radius 2 is 1.82 bits per heavy atom. The van der Waals surface area contributed by atoms with Crippen LogP contribution in [-0.2, 0) is 4.74 Å². The summed E-state index contributed by atoms with van der Waals surface area (Å²) in [6, 6.07) is 0. The van der Waals surface area contributed by atoms with Crippen molar-refractivity contribution in [3.05, 3.63) is 23.5 Å². The highest BCUT2D eigenvalue weighted by molar-refractivity contribution is 5.24. The lowest BCUT2D eigenvalue weighted by Crippen LogP contribution is -2.32. The van der Waals surface area contributed by atoms with Crippen LogP contribution in [0.4, 0.5) is 0 Å². The lowest BCUT2D eigenvalue weighted by Gasteiger charge is -2.26. The Labute approximate surface area is 106 Å². The third-order valence-corrected chi connectivity index (χ3v) is 3.42. The summed E-state index contributed by atoms with van der Waals surface area (Å²) in [4.78, 5) is 2.51. The summed E-state index contributed by atoms with van der Waals surface area (Å²) in [7, 11) is 0. The van der Waals surface area contributed by atoms with E-state index < -0.39 is 0 Å². The van der Waals surface area contributed by atoms with E-state index in [9.17, 15) is 0 Å². The molecule has 1 saturated heterocycles. The van der Waals surface area contributed by atoms with E-state index in [1.54, 1.807) is 0 Å². The van der Waals surface area contributed by atoms with Crippen LogP contribution in [0.5, 0.6) is 0 Å². The van der Waals surface area contributed by atoms with Crippen LogP contribution in [-0.4, -0.2) is 31.1 Å². The van der Waals surface area contributed by atoms with Gasteiger partial charge < -0.3 is 4.74 Å². The number of allylic oxidation sites excluding steroid dienone is 3. The van der Waals surface area contributed by atoms with Crippen LogP contribution in [0.25, 0.3) is 0 Å². The molecule has 0 radical (unpaired) electrons. The first kappa shape index (κ1) is 14.3. The number of rotatable bonds is 6. The van der Waals surface area contributed by atoms with E-state index in [1.165, 1.54) is 37.9 Å². The van der Waals surface area contributed by atoms with Crippen molar-refractivity contribution in [1.82, 2.24) is 4.90 Å². The smallest absolute Gasteiger partial charge is 0.117 e. The van der Waals surface area contributed by atoms with Gasteiger partial charge in [0.1, 0.15) is 12.4 Å². The molecule has 0 unspecified atom stereocenters. The van der Waals surface area contributed by atoms with Crippen molar-refractivity contribution < 1.29 is 4.74 Å². The van der Waals surface area contributed by atoms with E-state index >= 15 is 0 Å². The third kappa shape index (κ3) is 4.95. The number of likely N-dealkylation sites (tertiary alicyclic amines) is 1. The van der Waals surface area contributed by atoms with Crippen molar-refractivity contribution in [2.75, 3.05) is 26.2 Å². The lowest BCUT2D eigenvalue weighted by molar-refractivity contribution is 0.146. The quantitative estimate of drug-likeness (QED) is 0.515. The summed E-state index contributed by atoms with van der Waals surface area (Å²) in [5.74, 6) is 1.06. The summed E-state index contributed by atoms with van der Waals surface area (Å²) in [5, 5.41) is 0. The lowest BCUT2D eigenvalue weighted by atomic mass is 10.1. The maximum Gasteiger partial charge on any atom is 0.117 e. The highest BCUT2D eigenvalue weighted by Crippen LogP contribution is 2.15. The zero-order valence-corrected chi connectivity index (χ0v) is 11.7. The first-order chi connectivity index (χ1) is 8.31. The van der Waals surface area contributed by atoms with Crippen LogP contribution >= 0.6 is 0 Å². The fourth-order valence-corrected chi connectivity index (χ4v) is 2.35. The molecule has 1 rings (SSSR count). The molecule has 0 N–H and O–H groups in total. The third-order valence-electron chi connectivity index (χ3n) is 3.42. The van der Waals surface area contributed by atoms with Crippen LogP contribution in [0, 0.1) is 0 Å². The molecule has 1 aliphatic rings. The molecular formula is C15H27NO. The second-order valence-corrected chi connectivity index (χ2v) is 4.57. The van der Waals surface area contributed by atoms with Gasteiger partial charge in [-0.3, -0.25) is 4.90 Å². The summed E-state index contributed by atoms with van der Waals surface area (Å²) in [6.45, 7) is 10.7. The first-order valence-corrected chi connectivity index (χ1v) is 6.98. The molecule has 0 atom stereocenters. The monoisotopic (exact) mass is 237 g/mol. The Morgan fingerprint density at radius 3 is 2.35 bits per heavy atom. The number of hydrogen-bond acceptors (Lipinski definition) is 2. The molecule has 0 aliphatic carbocycles. The summed E-state index contributed by atoms with van der Waals surface area (Å²) >= 11 is 0. The van der Waals surface area contributed by atoms with E-state index in [0.717, 1.165) is 25.3 Å². The maximum absolute atomic E-state index is 5.89. The number of piperidine rings is 1. The molecule has 17 heavy (non-hydrogen) atoms. The second kappa shape index (κ2) is 8.35. The molecule has 2 heteroatoms. The largest absolute Gasteiger partial charge is 0.492 e. The van der Waals surface area contributed by atoms with E-state index in [-0.39, 0.29) is 0 Å². The predicted molar refractivity (Wildman–Crippen MR) is 74.0 cm³/mol. The SMILES string of the molecule is C/C=C(CC)\C(=C/C)OCCN1CCCCC1. The van der Waals surface area contributed by atoms with Gasteiger partial charge in [0, 0.05) is 6.54 Å². The van der Waals surface area contributed by atoms with Crippen molar-refractivity contribution in [2.45, 2.75) is 46.5 Å². The molecule has 0 spiro atoms. The van der Waals surface area contributed by atoms with Crippen molar-refractivity contribution in [2.24, 2.45) is 0 Å². The average molecular weight is 237 g/mol. The fourth-order valence-electron chi connectivity index (χ4n) is 2.35. The van der Waals surface area contributed by atoms with Crippen molar-refractivity contribution in [3.8, 4) is 0 Å². The van der Waals surface area contributed by atoms with Gasteiger partial charge in [-0.25, -0.2) is 0 Å². The van der Waals surface area contributed by atoms with Gasteiger partial charge in [-0.1, -0.05) is 19.4 Å². The van der Waals surface area contributed by atoms with Crippen LogP contribution in [0.15, 0.2) is 23.5 Å².